The molecule has 23 heavy (non-hydrogen) atoms. The molecule has 3 rings (SSSR count). The number of thioether (sulfide) groups is 1. The van der Waals surface area contributed by atoms with Crippen LogP contribution in [0.25, 0.3) is 10.8 Å². The van der Waals surface area contributed by atoms with E-state index in [4.69, 9.17) is 4.74 Å². The van der Waals surface area contributed by atoms with Crippen LogP contribution in [0.4, 0.5) is 0 Å². The number of carbonyl (C=O) groups excluding carboxylic acids is 1. The summed E-state index contributed by atoms with van der Waals surface area (Å²) in [7, 11) is 1.67. The quantitative estimate of drug-likeness (QED) is 0.885. The van der Waals surface area contributed by atoms with Crippen LogP contribution in [0.1, 0.15) is 12.0 Å². The van der Waals surface area contributed by atoms with E-state index in [9.17, 15) is 4.79 Å². The highest BCUT2D eigenvalue weighted by atomic mass is 32.2. The molecule has 0 spiro atoms. The van der Waals surface area contributed by atoms with Gasteiger partial charge in [-0.3, -0.25) is 4.79 Å². The molecule has 2 N–H and O–H groups in total. The molecule has 122 valence electrons. The van der Waals surface area contributed by atoms with Crippen molar-refractivity contribution < 1.29 is 9.53 Å². The van der Waals surface area contributed by atoms with Gasteiger partial charge in [0.1, 0.15) is 5.75 Å². The maximum absolute atomic E-state index is 12.2. The molecule has 4 nitrogen and oxygen atoms in total. The van der Waals surface area contributed by atoms with Crippen LogP contribution in [0.3, 0.4) is 0 Å². The minimum atomic E-state index is 0.0833. The van der Waals surface area contributed by atoms with Gasteiger partial charge in [-0.15, -0.1) is 0 Å². The van der Waals surface area contributed by atoms with Crippen molar-refractivity contribution >= 4 is 28.4 Å². The van der Waals surface area contributed by atoms with Gasteiger partial charge in [0, 0.05) is 42.6 Å². The summed E-state index contributed by atoms with van der Waals surface area (Å²) >= 11 is 1.90. The normalized spacial score (nSPS) is 17.9. The topological polar surface area (TPSA) is 50.4 Å². The van der Waals surface area contributed by atoms with Crippen molar-refractivity contribution in [2.24, 2.45) is 0 Å². The van der Waals surface area contributed by atoms with E-state index < -0.39 is 0 Å². The molecule has 5 heteroatoms. The van der Waals surface area contributed by atoms with E-state index in [1.165, 1.54) is 0 Å². The molecule has 1 fully saturated rings. The Bertz CT molecular complexity index is 684. The molecule has 0 radical (unpaired) electrons. The number of hydrogen-bond donors (Lipinski definition) is 2. The van der Waals surface area contributed by atoms with Gasteiger partial charge in [-0.2, -0.15) is 11.8 Å². The Balaban J connectivity index is 1.69. The maximum Gasteiger partial charge on any atom is 0.221 e. The number of ether oxygens (including phenoxy) is 1. The molecule has 2 aromatic carbocycles. The number of methoxy groups -OCH3 is 1. The predicted molar refractivity (Wildman–Crippen MR) is 96.1 cm³/mol. The van der Waals surface area contributed by atoms with E-state index in [2.05, 4.69) is 22.8 Å². The minimum Gasteiger partial charge on any atom is -0.496 e. The molecule has 2 aromatic rings. The molecular weight excluding hydrogens is 308 g/mol. The molecule has 1 amide bonds. The fourth-order valence-electron chi connectivity index (χ4n) is 2.92. The molecule has 1 aliphatic rings. The van der Waals surface area contributed by atoms with Crippen molar-refractivity contribution in [1.29, 1.82) is 0 Å². The number of hydrogen-bond acceptors (Lipinski definition) is 4. The number of rotatable bonds is 5. The van der Waals surface area contributed by atoms with Gasteiger partial charge in [0.15, 0.2) is 0 Å². The van der Waals surface area contributed by atoms with Crippen LogP contribution in [-0.4, -0.2) is 37.1 Å². The summed E-state index contributed by atoms with van der Waals surface area (Å²) in [6, 6.07) is 12.5. The highest BCUT2D eigenvalue weighted by Crippen LogP contribution is 2.27. The maximum atomic E-state index is 12.2. The van der Waals surface area contributed by atoms with Crippen molar-refractivity contribution in [3.05, 3.63) is 42.0 Å². The van der Waals surface area contributed by atoms with Crippen LogP contribution in [0, 0.1) is 0 Å². The Hall–Kier alpha value is -1.72. The number of nitrogens with one attached hydrogen (secondary N) is 2. The van der Waals surface area contributed by atoms with E-state index in [0.29, 0.717) is 13.0 Å². The van der Waals surface area contributed by atoms with E-state index in [1.54, 1.807) is 7.11 Å². The number of benzene rings is 2. The van der Waals surface area contributed by atoms with Crippen LogP contribution < -0.4 is 15.4 Å². The monoisotopic (exact) mass is 330 g/mol. The molecule has 1 aliphatic heterocycles. The van der Waals surface area contributed by atoms with Crippen LogP contribution in [-0.2, 0) is 11.3 Å². The van der Waals surface area contributed by atoms with Crippen LogP contribution in [0.15, 0.2) is 36.4 Å². The Labute approximate surface area is 141 Å². The van der Waals surface area contributed by atoms with Crippen LogP contribution in [0.5, 0.6) is 5.75 Å². The van der Waals surface area contributed by atoms with Gasteiger partial charge >= 0.3 is 0 Å². The average Bonchev–Trinajstić information content (AvgIpc) is 2.60. The summed E-state index contributed by atoms with van der Waals surface area (Å²) in [5.74, 6) is 3.03. The largest absolute Gasteiger partial charge is 0.496 e. The highest BCUT2D eigenvalue weighted by molar-refractivity contribution is 7.99. The third-order valence-corrected chi connectivity index (χ3v) is 5.24. The molecule has 1 saturated heterocycles. The Kier molecular flexibility index (Phi) is 5.41. The lowest BCUT2D eigenvalue weighted by atomic mass is 10.0. The van der Waals surface area contributed by atoms with E-state index in [-0.39, 0.29) is 11.9 Å². The average molecular weight is 330 g/mol. The summed E-state index contributed by atoms with van der Waals surface area (Å²) in [5, 5.41) is 8.72. The molecule has 0 aliphatic carbocycles. The molecule has 0 saturated carbocycles. The minimum absolute atomic E-state index is 0.0833. The second-order valence-corrected chi connectivity index (χ2v) is 6.82. The van der Waals surface area contributed by atoms with Gasteiger partial charge in [-0.05, 0) is 16.8 Å². The number of fused-ring (bicyclic) bond motifs is 1. The summed E-state index contributed by atoms with van der Waals surface area (Å²) in [6.07, 6.45) is 0.528. The van der Waals surface area contributed by atoms with Crippen molar-refractivity contribution in [1.82, 2.24) is 10.6 Å². The molecule has 0 bridgehead atoms. The van der Waals surface area contributed by atoms with Crippen LogP contribution in [0.2, 0.25) is 0 Å². The lowest BCUT2D eigenvalue weighted by molar-refractivity contribution is -0.121. The van der Waals surface area contributed by atoms with Gasteiger partial charge < -0.3 is 15.4 Å². The first kappa shape index (κ1) is 16.1. The van der Waals surface area contributed by atoms with Gasteiger partial charge in [0.25, 0.3) is 0 Å². The zero-order valence-electron chi connectivity index (χ0n) is 13.3. The van der Waals surface area contributed by atoms with E-state index >= 15 is 0 Å². The van der Waals surface area contributed by atoms with Crippen molar-refractivity contribution in [3.63, 3.8) is 0 Å². The standard InChI is InChI=1S/C18H22N2O2S/c1-22-17-7-6-13-4-2-3-5-15(13)16(17)11-20-18(21)10-14-12-23-9-8-19-14/h2-7,14,19H,8-12H2,1H3,(H,20,21). The summed E-state index contributed by atoms with van der Waals surface area (Å²) < 4.78 is 5.47. The third kappa shape index (κ3) is 3.98. The zero-order chi connectivity index (χ0) is 16.1. The summed E-state index contributed by atoms with van der Waals surface area (Å²) in [5.41, 5.74) is 1.03. The first-order valence-electron chi connectivity index (χ1n) is 7.90. The van der Waals surface area contributed by atoms with Crippen molar-refractivity contribution in [2.45, 2.75) is 19.0 Å². The number of amides is 1. The third-order valence-electron chi connectivity index (χ3n) is 4.11. The van der Waals surface area contributed by atoms with Crippen molar-refractivity contribution in [2.75, 3.05) is 25.2 Å². The second-order valence-electron chi connectivity index (χ2n) is 5.67. The molecule has 1 unspecified atom stereocenters. The molecular formula is C18H22N2O2S. The van der Waals surface area contributed by atoms with Gasteiger partial charge in [0.2, 0.25) is 5.91 Å². The number of carbonyl (C=O) groups is 1. The fourth-order valence-corrected chi connectivity index (χ4v) is 3.87. The van der Waals surface area contributed by atoms with Gasteiger partial charge in [0.05, 0.1) is 7.11 Å². The Morgan fingerprint density at radius 2 is 2.22 bits per heavy atom. The lowest BCUT2D eigenvalue weighted by Gasteiger charge is -2.22. The summed E-state index contributed by atoms with van der Waals surface area (Å²) in [4.78, 5) is 12.2. The summed E-state index contributed by atoms with van der Waals surface area (Å²) in [6.45, 7) is 1.48. The van der Waals surface area contributed by atoms with E-state index in [1.807, 2.05) is 36.0 Å². The predicted octanol–water partition coefficient (Wildman–Crippen LogP) is 2.56. The van der Waals surface area contributed by atoms with Crippen LogP contribution >= 0.6 is 11.8 Å². The molecule has 1 atom stereocenters. The molecule has 0 aromatic heterocycles. The first-order chi connectivity index (χ1) is 11.3. The smallest absolute Gasteiger partial charge is 0.221 e. The Morgan fingerprint density at radius 3 is 3.00 bits per heavy atom. The SMILES string of the molecule is COc1ccc2ccccc2c1CNC(=O)CC1CSCCN1. The zero-order valence-corrected chi connectivity index (χ0v) is 14.1. The first-order valence-corrected chi connectivity index (χ1v) is 9.06. The molecule has 1 heterocycles. The van der Waals surface area contributed by atoms with E-state index in [0.717, 1.165) is 40.1 Å². The lowest BCUT2D eigenvalue weighted by Crippen LogP contribution is -2.41. The second kappa shape index (κ2) is 7.70. The highest BCUT2D eigenvalue weighted by Gasteiger charge is 2.17. The van der Waals surface area contributed by atoms with Gasteiger partial charge in [-0.1, -0.05) is 30.3 Å². The van der Waals surface area contributed by atoms with Crippen molar-refractivity contribution in [3.8, 4) is 5.75 Å². The Morgan fingerprint density at radius 1 is 1.35 bits per heavy atom. The van der Waals surface area contributed by atoms with Gasteiger partial charge in [-0.25, -0.2) is 0 Å². The fraction of sp³-hybridized carbons (Fsp3) is 0.389.